The average molecular weight is 841 g/mol. The minimum absolute atomic E-state index is 0.480. The van der Waals surface area contributed by atoms with Gasteiger partial charge in [-0.25, -0.2) is 9.97 Å². The van der Waals surface area contributed by atoms with Crippen molar-refractivity contribution in [3.63, 3.8) is 0 Å². The Morgan fingerprint density at radius 1 is 0.333 bits per heavy atom. The van der Waals surface area contributed by atoms with E-state index in [0.29, 0.717) is 28.2 Å². The Balaban J connectivity index is 0.892. The lowest BCUT2D eigenvalue weighted by Gasteiger charge is -2.14. The lowest BCUT2D eigenvalue weighted by atomic mass is 9.94. The SMILES string of the molecule is N#Cc1cc(-n2c3ccccc3c3cc(-n4c5ccccc5c5ccccc54)ccc32)c(C#N)cc1-c1ccc(-c2ccc(-c3cc(-c4ccccc4)nc(-c4ccccc4)n3)cc2)cc1. The molecule has 66 heavy (non-hydrogen) atoms. The number of nitriles is 2. The first-order chi connectivity index (χ1) is 32.6. The van der Waals surface area contributed by atoms with Gasteiger partial charge in [0.15, 0.2) is 5.82 Å². The van der Waals surface area contributed by atoms with E-state index in [9.17, 15) is 10.5 Å². The van der Waals surface area contributed by atoms with Gasteiger partial charge < -0.3 is 9.13 Å². The van der Waals surface area contributed by atoms with Crippen LogP contribution in [0.1, 0.15) is 11.1 Å². The van der Waals surface area contributed by atoms with Crippen LogP contribution in [-0.4, -0.2) is 19.1 Å². The van der Waals surface area contributed by atoms with Crippen LogP contribution >= 0.6 is 0 Å². The molecular formula is C60H36N6. The largest absolute Gasteiger partial charge is 0.309 e. The first kappa shape index (κ1) is 38.3. The molecule has 0 amide bonds. The Morgan fingerprint density at radius 2 is 0.788 bits per heavy atom. The van der Waals surface area contributed by atoms with E-state index in [0.717, 1.165) is 83.3 Å². The van der Waals surface area contributed by atoms with Crippen molar-refractivity contribution in [2.75, 3.05) is 0 Å². The zero-order chi connectivity index (χ0) is 44.1. The van der Waals surface area contributed by atoms with E-state index in [2.05, 4.69) is 149 Å². The van der Waals surface area contributed by atoms with Gasteiger partial charge in [0.05, 0.1) is 56.3 Å². The second-order valence-electron chi connectivity index (χ2n) is 16.4. The third kappa shape index (κ3) is 6.41. The van der Waals surface area contributed by atoms with Crippen molar-refractivity contribution in [2.45, 2.75) is 0 Å². The van der Waals surface area contributed by atoms with Crippen LogP contribution in [0.4, 0.5) is 0 Å². The van der Waals surface area contributed by atoms with Crippen LogP contribution in [0.2, 0.25) is 0 Å². The Kier molecular flexibility index (Phi) is 9.16. The fraction of sp³-hybridized carbons (Fsp3) is 0. The molecule has 12 rings (SSSR count). The van der Waals surface area contributed by atoms with Crippen LogP contribution in [0.5, 0.6) is 0 Å². The maximum Gasteiger partial charge on any atom is 0.160 e. The molecule has 12 aromatic rings. The third-order valence-electron chi connectivity index (χ3n) is 12.6. The predicted molar refractivity (Wildman–Crippen MR) is 267 cm³/mol. The topological polar surface area (TPSA) is 83.2 Å². The molecule has 0 saturated heterocycles. The fourth-order valence-electron chi connectivity index (χ4n) is 9.50. The Hall–Kier alpha value is -9.36. The summed E-state index contributed by atoms with van der Waals surface area (Å²) in [5.41, 5.74) is 15.2. The number of hydrogen-bond donors (Lipinski definition) is 0. The van der Waals surface area contributed by atoms with Crippen LogP contribution in [-0.2, 0) is 0 Å². The van der Waals surface area contributed by atoms with Gasteiger partial charge in [0.25, 0.3) is 0 Å². The number of aromatic nitrogens is 4. The smallest absolute Gasteiger partial charge is 0.160 e. The highest BCUT2D eigenvalue weighted by Crippen LogP contribution is 2.39. The molecule has 0 aliphatic rings. The van der Waals surface area contributed by atoms with Gasteiger partial charge in [-0.1, -0.05) is 164 Å². The van der Waals surface area contributed by atoms with Crippen molar-refractivity contribution in [3.05, 3.63) is 230 Å². The minimum Gasteiger partial charge on any atom is -0.309 e. The molecule has 0 N–H and O–H groups in total. The highest BCUT2D eigenvalue weighted by atomic mass is 15.0. The second kappa shape index (κ2) is 15.8. The standard InChI is InChI=1S/C60H36N6/c61-37-45-34-59(66-57-22-12-9-19-50(57)52-35-47(31-32-58(52)66)65-55-20-10-7-17-48(55)49-18-8-11-21-56(49)65)46(38-62)33-51(45)41-27-23-39(24-28-41)40-25-29-43(30-26-40)54-36-53(42-13-3-1-4-14-42)63-60(64-54)44-15-5-2-6-16-44/h1-36H. The van der Waals surface area contributed by atoms with E-state index in [-0.39, 0.29) is 0 Å². The van der Waals surface area contributed by atoms with Crippen molar-refractivity contribution in [3.8, 4) is 79.7 Å². The molecule has 0 radical (unpaired) electrons. The summed E-state index contributed by atoms with van der Waals surface area (Å²) in [5.74, 6) is 0.677. The van der Waals surface area contributed by atoms with Crippen molar-refractivity contribution in [1.29, 1.82) is 10.5 Å². The van der Waals surface area contributed by atoms with Crippen LogP contribution in [0.3, 0.4) is 0 Å². The van der Waals surface area contributed by atoms with Gasteiger partial charge in [-0.3, -0.25) is 0 Å². The third-order valence-corrected chi connectivity index (χ3v) is 12.6. The number of hydrogen-bond acceptors (Lipinski definition) is 4. The summed E-state index contributed by atoms with van der Waals surface area (Å²) in [5, 5.41) is 26.0. The number of para-hydroxylation sites is 3. The molecule has 0 unspecified atom stereocenters. The molecule has 6 heteroatoms. The lowest BCUT2D eigenvalue weighted by Crippen LogP contribution is -2.00. The molecular weight excluding hydrogens is 805 g/mol. The van der Waals surface area contributed by atoms with Gasteiger partial charge in [-0.05, 0) is 71.3 Å². The lowest BCUT2D eigenvalue weighted by molar-refractivity contribution is 1.15. The van der Waals surface area contributed by atoms with E-state index in [1.165, 1.54) is 10.8 Å². The molecule has 0 aliphatic carbocycles. The number of benzene rings is 9. The van der Waals surface area contributed by atoms with Crippen LogP contribution < -0.4 is 0 Å². The number of rotatable bonds is 7. The summed E-state index contributed by atoms with van der Waals surface area (Å²) in [7, 11) is 0. The van der Waals surface area contributed by atoms with E-state index in [1.54, 1.807) is 0 Å². The summed E-state index contributed by atoms with van der Waals surface area (Å²) in [6.07, 6.45) is 0. The van der Waals surface area contributed by atoms with Gasteiger partial charge in [0.1, 0.15) is 6.07 Å². The summed E-state index contributed by atoms with van der Waals surface area (Å²) in [4.78, 5) is 9.94. The van der Waals surface area contributed by atoms with Crippen LogP contribution in [0.25, 0.3) is 111 Å². The summed E-state index contributed by atoms with van der Waals surface area (Å²) in [6.45, 7) is 0. The Morgan fingerprint density at radius 3 is 1.36 bits per heavy atom. The van der Waals surface area contributed by atoms with E-state index in [1.807, 2.05) is 91.0 Å². The first-order valence-corrected chi connectivity index (χ1v) is 21.8. The summed E-state index contributed by atoms with van der Waals surface area (Å²) in [6, 6.07) is 79.4. The molecule has 9 aromatic carbocycles. The molecule has 0 spiro atoms. The monoisotopic (exact) mass is 840 g/mol. The van der Waals surface area contributed by atoms with E-state index >= 15 is 0 Å². The van der Waals surface area contributed by atoms with Crippen LogP contribution in [0.15, 0.2) is 218 Å². The van der Waals surface area contributed by atoms with Crippen molar-refractivity contribution < 1.29 is 0 Å². The summed E-state index contributed by atoms with van der Waals surface area (Å²) < 4.78 is 4.45. The Labute approximate surface area is 380 Å². The van der Waals surface area contributed by atoms with Gasteiger partial charge in [0.2, 0.25) is 0 Å². The highest BCUT2D eigenvalue weighted by Gasteiger charge is 2.20. The highest BCUT2D eigenvalue weighted by molar-refractivity contribution is 6.12. The second-order valence-corrected chi connectivity index (χ2v) is 16.4. The molecule has 3 aromatic heterocycles. The molecule has 6 nitrogen and oxygen atoms in total. The Bertz CT molecular complexity index is 3810. The maximum absolute atomic E-state index is 10.8. The quantitative estimate of drug-likeness (QED) is 0.160. The maximum atomic E-state index is 10.8. The number of nitrogens with zero attached hydrogens (tertiary/aromatic N) is 6. The summed E-state index contributed by atoms with van der Waals surface area (Å²) >= 11 is 0. The van der Waals surface area contributed by atoms with Crippen molar-refractivity contribution in [1.82, 2.24) is 19.1 Å². The molecule has 0 saturated carbocycles. The van der Waals surface area contributed by atoms with Gasteiger partial charge in [-0.2, -0.15) is 10.5 Å². The van der Waals surface area contributed by atoms with Gasteiger partial charge >= 0.3 is 0 Å². The number of fused-ring (bicyclic) bond motifs is 6. The van der Waals surface area contributed by atoms with Crippen molar-refractivity contribution >= 4 is 43.6 Å². The van der Waals surface area contributed by atoms with E-state index in [4.69, 9.17) is 9.97 Å². The van der Waals surface area contributed by atoms with Crippen molar-refractivity contribution in [2.24, 2.45) is 0 Å². The molecule has 0 bridgehead atoms. The molecule has 3 heterocycles. The average Bonchev–Trinajstić information content (AvgIpc) is 3.91. The minimum atomic E-state index is 0.480. The molecule has 306 valence electrons. The zero-order valence-electron chi connectivity index (χ0n) is 35.5. The van der Waals surface area contributed by atoms with Gasteiger partial charge in [0, 0.05) is 49.5 Å². The molecule has 0 atom stereocenters. The predicted octanol–water partition coefficient (Wildman–Crippen LogP) is 14.7. The molecule has 0 fully saturated rings. The zero-order valence-corrected chi connectivity index (χ0v) is 35.5. The van der Waals surface area contributed by atoms with E-state index < -0.39 is 0 Å². The fourth-order valence-corrected chi connectivity index (χ4v) is 9.50. The first-order valence-electron chi connectivity index (χ1n) is 21.8. The van der Waals surface area contributed by atoms with Crippen LogP contribution in [0, 0.1) is 22.7 Å². The van der Waals surface area contributed by atoms with Gasteiger partial charge in [-0.15, -0.1) is 0 Å². The molecule has 0 aliphatic heterocycles. The normalized spacial score (nSPS) is 11.3.